The van der Waals surface area contributed by atoms with Crippen LogP contribution in [0.5, 0.6) is 0 Å². The van der Waals surface area contributed by atoms with Gasteiger partial charge in [-0.15, -0.1) is 11.8 Å². The second-order valence-electron chi connectivity index (χ2n) is 2.93. The zero-order chi connectivity index (χ0) is 11.1. The topological polar surface area (TPSA) is 65.2 Å². The molecule has 1 aromatic heterocycles. The molecule has 0 aliphatic heterocycles. The van der Waals surface area contributed by atoms with Crippen molar-refractivity contribution in [2.45, 2.75) is 17.5 Å². The number of rotatable bonds is 5. The lowest BCUT2D eigenvalue weighted by molar-refractivity contribution is -0.142. The van der Waals surface area contributed by atoms with E-state index in [0.717, 1.165) is 10.8 Å². The third kappa shape index (κ3) is 4.31. The first-order chi connectivity index (χ1) is 7.24. The summed E-state index contributed by atoms with van der Waals surface area (Å²) in [5, 5.41) is 0.939. The first kappa shape index (κ1) is 12.0. The summed E-state index contributed by atoms with van der Waals surface area (Å²) in [7, 11) is 1.34. The third-order valence-corrected chi connectivity index (χ3v) is 2.80. The summed E-state index contributed by atoms with van der Waals surface area (Å²) < 4.78 is 4.53. The number of pyridine rings is 1. The number of carbonyl (C=O) groups is 1. The Labute approximate surface area is 93.2 Å². The Morgan fingerprint density at radius 1 is 1.67 bits per heavy atom. The predicted octanol–water partition coefficient (Wildman–Crippen LogP) is 1.06. The molecule has 0 aromatic carbocycles. The maximum atomic E-state index is 11.0. The van der Waals surface area contributed by atoms with E-state index in [0.29, 0.717) is 6.42 Å². The highest BCUT2D eigenvalue weighted by Crippen LogP contribution is 2.15. The van der Waals surface area contributed by atoms with Gasteiger partial charge in [0.05, 0.1) is 12.1 Å². The van der Waals surface area contributed by atoms with Gasteiger partial charge >= 0.3 is 5.97 Å². The first-order valence-corrected chi connectivity index (χ1v) is 5.60. The standard InChI is InChI=1S/C10H14N2O2S/c1-14-10(13)8(11)5-7-15-9-4-2-3-6-12-9/h2-4,6,8H,5,7,11H2,1H3. The number of esters is 1. The Balaban J connectivity index is 2.25. The highest BCUT2D eigenvalue weighted by Gasteiger charge is 2.12. The van der Waals surface area contributed by atoms with Crippen molar-refractivity contribution >= 4 is 17.7 Å². The van der Waals surface area contributed by atoms with Gasteiger partial charge in [-0.1, -0.05) is 6.07 Å². The number of thioether (sulfide) groups is 1. The molecular weight excluding hydrogens is 212 g/mol. The fourth-order valence-corrected chi connectivity index (χ4v) is 1.88. The van der Waals surface area contributed by atoms with Crippen molar-refractivity contribution in [1.82, 2.24) is 4.98 Å². The number of nitrogens with zero attached hydrogens (tertiary/aromatic N) is 1. The maximum absolute atomic E-state index is 11.0. The molecule has 0 saturated heterocycles. The van der Waals surface area contributed by atoms with Gasteiger partial charge in [0, 0.05) is 11.9 Å². The fraction of sp³-hybridized carbons (Fsp3) is 0.400. The van der Waals surface area contributed by atoms with Crippen molar-refractivity contribution in [3.05, 3.63) is 24.4 Å². The summed E-state index contributed by atoms with van der Waals surface area (Å²) in [6, 6.07) is 5.18. The van der Waals surface area contributed by atoms with Crippen LogP contribution in [0.1, 0.15) is 6.42 Å². The second kappa shape index (κ2) is 6.42. The summed E-state index contributed by atoms with van der Waals surface area (Å²) in [4.78, 5) is 15.1. The molecule has 5 heteroatoms. The third-order valence-electron chi connectivity index (χ3n) is 1.82. The molecule has 0 radical (unpaired) electrons. The molecule has 1 rings (SSSR count). The van der Waals surface area contributed by atoms with Crippen LogP contribution in [0.15, 0.2) is 29.4 Å². The predicted molar refractivity (Wildman–Crippen MR) is 59.6 cm³/mol. The van der Waals surface area contributed by atoms with Crippen molar-refractivity contribution in [3.8, 4) is 0 Å². The van der Waals surface area contributed by atoms with E-state index >= 15 is 0 Å². The number of methoxy groups -OCH3 is 1. The largest absolute Gasteiger partial charge is 0.468 e. The Kier molecular flexibility index (Phi) is 5.14. The zero-order valence-corrected chi connectivity index (χ0v) is 9.37. The molecule has 15 heavy (non-hydrogen) atoms. The molecule has 0 aliphatic carbocycles. The van der Waals surface area contributed by atoms with E-state index in [2.05, 4.69) is 9.72 Å². The monoisotopic (exact) mass is 226 g/mol. The quantitative estimate of drug-likeness (QED) is 0.601. The van der Waals surface area contributed by atoms with Gasteiger partial charge in [0.2, 0.25) is 0 Å². The SMILES string of the molecule is COC(=O)C(N)CCSc1ccccn1. The van der Waals surface area contributed by atoms with Crippen LogP contribution < -0.4 is 5.73 Å². The average molecular weight is 226 g/mol. The molecule has 1 heterocycles. The van der Waals surface area contributed by atoms with E-state index in [1.807, 2.05) is 18.2 Å². The van der Waals surface area contributed by atoms with Crippen LogP contribution in [0.2, 0.25) is 0 Å². The van der Waals surface area contributed by atoms with Crippen LogP contribution in [0.4, 0.5) is 0 Å². The Morgan fingerprint density at radius 2 is 2.47 bits per heavy atom. The summed E-state index contributed by atoms with van der Waals surface area (Å²) >= 11 is 1.58. The first-order valence-electron chi connectivity index (χ1n) is 4.61. The van der Waals surface area contributed by atoms with Gasteiger partial charge in [0.1, 0.15) is 6.04 Å². The summed E-state index contributed by atoms with van der Waals surface area (Å²) in [6.45, 7) is 0. The lowest BCUT2D eigenvalue weighted by atomic mass is 10.2. The number of carbonyl (C=O) groups excluding carboxylic acids is 1. The van der Waals surface area contributed by atoms with Crippen molar-refractivity contribution in [1.29, 1.82) is 0 Å². The molecule has 1 atom stereocenters. The van der Waals surface area contributed by atoms with Crippen LogP contribution >= 0.6 is 11.8 Å². The minimum atomic E-state index is -0.536. The highest BCUT2D eigenvalue weighted by molar-refractivity contribution is 7.99. The summed E-state index contributed by atoms with van der Waals surface area (Å²) in [6.07, 6.45) is 2.33. The molecular formula is C10H14N2O2S. The molecule has 0 bridgehead atoms. The van der Waals surface area contributed by atoms with Gasteiger partial charge < -0.3 is 10.5 Å². The van der Waals surface area contributed by atoms with E-state index in [9.17, 15) is 4.79 Å². The number of ether oxygens (including phenoxy) is 1. The molecule has 82 valence electrons. The van der Waals surface area contributed by atoms with Crippen LogP contribution in [0.3, 0.4) is 0 Å². The molecule has 1 unspecified atom stereocenters. The molecule has 0 spiro atoms. The van der Waals surface area contributed by atoms with Gasteiger partial charge in [-0.05, 0) is 18.6 Å². The molecule has 1 aromatic rings. The van der Waals surface area contributed by atoms with Crippen LogP contribution in [-0.4, -0.2) is 29.9 Å². The molecule has 4 nitrogen and oxygen atoms in total. The lowest BCUT2D eigenvalue weighted by Gasteiger charge is -2.07. The van der Waals surface area contributed by atoms with E-state index in [-0.39, 0.29) is 5.97 Å². The Hall–Kier alpha value is -1.07. The van der Waals surface area contributed by atoms with Crippen LogP contribution in [-0.2, 0) is 9.53 Å². The fourth-order valence-electron chi connectivity index (χ4n) is 0.992. The number of hydrogen-bond acceptors (Lipinski definition) is 5. The van der Waals surface area contributed by atoms with Gasteiger partial charge in [-0.2, -0.15) is 0 Å². The zero-order valence-electron chi connectivity index (χ0n) is 8.55. The van der Waals surface area contributed by atoms with Crippen LogP contribution in [0.25, 0.3) is 0 Å². The summed E-state index contributed by atoms with van der Waals surface area (Å²) in [5.74, 6) is 0.393. The van der Waals surface area contributed by atoms with E-state index in [1.54, 1.807) is 18.0 Å². The molecule has 0 fully saturated rings. The highest BCUT2D eigenvalue weighted by atomic mass is 32.2. The molecule has 0 aliphatic rings. The Morgan fingerprint density at radius 3 is 3.07 bits per heavy atom. The van der Waals surface area contributed by atoms with E-state index in [4.69, 9.17) is 5.73 Å². The van der Waals surface area contributed by atoms with Crippen molar-refractivity contribution < 1.29 is 9.53 Å². The minimum Gasteiger partial charge on any atom is -0.468 e. The molecule has 0 amide bonds. The van der Waals surface area contributed by atoms with Gasteiger partial charge in [0.15, 0.2) is 0 Å². The lowest BCUT2D eigenvalue weighted by Crippen LogP contribution is -2.31. The molecule has 0 saturated carbocycles. The Bertz CT molecular complexity index is 306. The van der Waals surface area contributed by atoms with Gasteiger partial charge in [-0.3, -0.25) is 4.79 Å². The number of hydrogen-bond donors (Lipinski definition) is 1. The van der Waals surface area contributed by atoms with Crippen molar-refractivity contribution in [2.75, 3.05) is 12.9 Å². The number of nitrogens with two attached hydrogens (primary N) is 1. The van der Waals surface area contributed by atoms with Gasteiger partial charge in [-0.25, -0.2) is 4.98 Å². The summed E-state index contributed by atoms with van der Waals surface area (Å²) in [5.41, 5.74) is 5.58. The van der Waals surface area contributed by atoms with Crippen LogP contribution in [0, 0.1) is 0 Å². The average Bonchev–Trinajstić information content (AvgIpc) is 2.29. The minimum absolute atomic E-state index is 0.364. The van der Waals surface area contributed by atoms with E-state index in [1.165, 1.54) is 7.11 Å². The maximum Gasteiger partial charge on any atom is 0.322 e. The van der Waals surface area contributed by atoms with Gasteiger partial charge in [0.25, 0.3) is 0 Å². The van der Waals surface area contributed by atoms with E-state index < -0.39 is 6.04 Å². The van der Waals surface area contributed by atoms with Crippen molar-refractivity contribution in [3.63, 3.8) is 0 Å². The second-order valence-corrected chi connectivity index (χ2v) is 4.05. The van der Waals surface area contributed by atoms with Crippen molar-refractivity contribution in [2.24, 2.45) is 5.73 Å². The normalized spacial score (nSPS) is 12.1. The smallest absolute Gasteiger partial charge is 0.322 e. The number of aromatic nitrogens is 1. The molecule has 2 N–H and O–H groups in total.